The number of carbonyl (C=O) groups excluding carboxylic acids is 2. The molecular weight excluding hydrogens is 226 g/mol. The summed E-state index contributed by atoms with van der Waals surface area (Å²) in [6, 6.07) is 0. The Bertz CT molecular complexity index is 213. The topological polar surface area (TPSA) is 130 Å². The fourth-order valence-corrected chi connectivity index (χ4v) is 0.262. The molecule has 3 N–H and O–H groups in total. The van der Waals surface area contributed by atoms with Gasteiger partial charge >= 0.3 is 38.6 Å². The zero-order chi connectivity index (χ0) is 11.8. The van der Waals surface area contributed by atoms with E-state index in [9.17, 15) is 9.59 Å². The zero-order valence-electron chi connectivity index (χ0n) is 7.54. The average Bonchev–Trinajstić information content (AvgIpc) is 2.01. The van der Waals surface area contributed by atoms with Gasteiger partial charge in [-0.15, -0.1) is 0 Å². The monoisotopic (exact) mass is 238 g/mol. The SMILES string of the molecule is COC(=O)CC(=O)OC.O=P(O)(O)O.[LiH]. The van der Waals surface area contributed by atoms with Gasteiger partial charge < -0.3 is 24.2 Å². The fourth-order valence-electron chi connectivity index (χ4n) is 0.262. The number of rotatable bonds is 2. The van der Waals surface area contributed by atoms with E-state index in [4.69, 9.17) is 19.2 Å². The number of methoxy groups -OCH3 is 2. The number of hydrogen-bond donors (Lipinski definition) is 3. The third-order valence-corrected chi connectivity index (χ3v) is 0.744. The Kier molecular flexibility index (Phi) is 13.6. The van der Waals surface area contributed by atoms with Gasteiger partial charge in [-0.05, 0) is 0 Å². The molecule has 0 aromatic carbocycles. The predicted molar refractivity (Wildman–Crippen MR) is 50.1 cm³/mol. The van der Waals surface area contributed by atoms with Crippen molar-refractivity contribution in [1.82, 2.24) is 0 Å². The summed E-state index contributed by atoms with van der Waals surface area (Å²) in [7, 11) is -2.21. The molecule has 0 radical (unpaired) electrons. The summed E-state index contributed by atoms with van der Waals surface area (Å²) in [5.41, 5.74) is 0. The van der Waals surface area contributed by atoms with Crippen LogP contribution in [0.1, 0.15) is 6.42 Å². The second kappa shape index (κ2) is 10.2. The quantitative estimate of drug-likeness (QED) is 0.221. The zero-order valence-corrected chi connectivity index (χ0v) is 8.43. The van der Waals surface area contributed by atoms with Gasteiger partial charge in [0.25, 0.3) is 0 Å². The molecule has 0 rings (SSSR count). The number of carbonyl (C=O) groups is 2. The van der Waals surface area contributed by atoms with Crippen molar-refractivity contribution in [3.8, 4) is 0 Å². The normalized spacial score (nSPS) is 8.87. The number of hydrogen-bond acceptors (Lipinski definition) is 5. The summed E-state index contributed by atoms with van der Waals surface area (Å²) >= 11 is 0. The van der Waals surface area contributed by atoms with E-state index >= 15 is 0 Å². The molecule has 0 aromatic rings. The van der Waals surface area contributed by atoms with Crippen molar-refractivity contribution in [3.05, 3.63) is 0 Å². The van der Waals surface area contributed by atoms with Crippen LogP contribution in [-0.4, -0.2) is 59.7 Å². The Balaban J connectivity index is -0.000000208. The van der Waals surface area contributed by atoms with Crippen LogP contribution in [-0.2, 0) is 23.6 Å². The van der Waals surface area contributed by atoms with Crippen LogP contribution >= 0.6 is 7.82 Å². The molecule has 0 aliphatic heterocycles. The molecule has 0 fully saturated rings. The number of esters is 2. The summed E-state index contributed by atoms with van der Waals surface area (Å²) in [5.74, 6) is -1.16. The Morgan fingerprint density at radius 1 is 1.07 bits per heavy atom. The summed E-state index contributed by atoms with van der Waals surface area (Å²) in [6.07, 6.45) is -0.312. The van der Waals surface area contributed by atoms with Gasteiger partial charge in [0.05, 0.1) is 14.2 Å². The Morgan fingerprint density at radius 3 is 1.40 bits per heavy atom. The number of phosphoric acid groups is 1. The van der Waals surface area contributed by atoms with Crippen LogP contribution in [0.25, 0.3) is 0 Å². The van der Waals surface area contributed by atoms with E-state index in [-0.39, 0.29) is 25.3 Å². The van der Waals surface area contributed by atoms with Crippen molar-refractivity contribution in [2.75, 3.05) is 14.2 Å². The standard InChI is InChI=1S/C5H8O4.Li.H3O4P.H/c1-8-4(6)3-5(7)9-2;;1-5(2,3)4;/h3H2,1-2H3;;(H3,1,2,3,4);. The van der Waals surface area contributed by atoms with Crippen molar-refractivity contribution in [3.63, 3.8) is 0 Å². The maximum atomic E-state index is 10.3. The molecule has 0 amide bonds. The molecule has 0 aliphatic carbocycles. The Morgan fingerprint density at radius 2 is 1.27 bits per heavy atom. The van der Waals surface area contributed by atoms with Crippen LogP contribution in [0.3, 0.4) is 0 Å². The molecule has 0 bridgehead atoms. The van der Waals surface area contributed by atoms with Crippen LogP contribution in [0.2, 0.25) is 0 Å². The van der Waals surface area contributed by atoms with Crippen LogP contribution in [0.15, 0.2) is 0 Å². The average molecular weight is 238 g/mol. The van der Waals surface area contributed by atoms with Crippen molar-refractivity contribution in [2.24, 2.45) is 0 Å². The summed E-state index contributed by atoms with van der Waals surface area (Å²) in [5, 5.41) is 0. The second-order valence-corrected chi connectivity index (χ2v) is 2.87. The van der Waals surface area contributed by atoms with E-state index < -0.39 is 19.8 Å². The van der Waals surface area contributed by atoms with Crippen molar-refractivity contribution in [2.45, 2.75) is 6.42 Å². The van der Waals surface area contributed by atoms with Gasteiger partial charge in [-0.1, -0.05) is 0 Å². The fraction of sp³-hybridized carbons (Fsp3) is 0.600. The molecule has 0 heterocycles. The van der Waals surface area contributed by atoms with Crippen molar-refractivity contribution < 1.29 is 38.3 Å². The van der Waals surface area contributed by atoms with E-state index in [0.29, 0.717) is 0 Å². The van der Waals surface area contributed by atoms with Crippen molar-refractivity contribution >= 4 is 38.6 Å². The number of ether oxygens (including phenoxy) is 2. The van der Waals surface area contributed by atoms with E-state index in [1.807, 2.05) is 0 Å². The first kappa shape index (κ1) is 20.1. The van der Waals surface area contributed by atoms with E-state index in [1.54, 1.807) is 0 Å². The van der Waals surface area contributed by atoms with Gasteiger partial charge in [0.1, 0.15) is 6.42 Å². The van der Waals surface area contributed by atoms with Gasteiger partial charge in [0.2, 0.25) is 0 Å². The van der Waals surface area contributed by atoms with Gasteiger partial charge in [-0.3, -0.25) is 9.59 Å². The van der Waals surface area contributed by atoms with Crippen LogP contribution in [0, 0.1) is 0 Å². The molecule has 0 spiro atoms. The molecular formula is C5H12LiO8P. The van der Waals surface area contributed by atoms with Gasteiger partial charge in [0, 0.05) is 0 Å². The molecule has 0 unspecified atom stereocenters. The Labute approximate surface area is 98.0 Å². The molecule has 0 aromatic heterocycles. The van der Waals surface area contributed by atoms with E-state index in [2.05, 4.69) is 9.47 Å². The first-order valence-corrected chi connectivity index (χ1v) is 4.69. The minimum absolute atomic E-state index is 0. The minimum atomic E-state index is -4.64. The summed E-state index contributed by atoms with van der Waals surface area (Å²) in [6.45, 7) is 0. The van der Waals surface area contributed by atoms with Crippen LogP contribution in [0.4, 0.5) is 0 Å². The summed E-state index contributed by atoms with van der Waals surface area (Å²) in [4.78, 5) is 42.1. The summed E-state index contributed by atoms with van der Waals surface area (Å²) < 4.78 is 17.2. The molecule has 8 nitrogen and oxygen atoms in total. The van der Waals surface area contributed by atoms with Crippen LogP contribution in [0.5, 0.6) is 0 Å². The van der Waals surface area contributed by atoms with Gasteiger partial charge in [0.15, 0.2) is 0 Å². The third kappa shape index (κ3) is 31.7. The molecule has 86 valence electrons. The van der Waals surface area contributed by atoms with E-state index in [0.717, 1.165) is 0 Å². The second-order valence-electron chi connectivity index (χ2n) is 1.84. The van der Waals surface area contributed by atoms with Crippen molar-refractivity contribution in [1.29, 1.82) is 0 Å². The molecule has 0 saturated carbocycles. The molecule has 0 aliphatic rings. The van der Waals surface area contributed by atoms with Gasteiger partial charge in [-0.2, -0.15) is 0 Å². The predicted octanol–water partition coefficient (Wildman–Crippen LogP) is -1.85. The van der Waals surface area contributed by atoms with E-state index in [1.165, 1.54) is 14.2 Å². The van der Waals surface area contributed by atoms with Crippen LogP contribution < -0.4 is 0 Å². The first-order valence-electron chi connectivity index (χ1n) is 3.12. The molecule has 10 heteroatoms. The maximum absolute atomic E-state index is 10.3. The first-order chi connectivity index (χ1) is 6.20. The molecule has 0 saturated heterocycles. The Hall–Kier alpha value is -0.353. The third-order valence-electron chi connectivity index (χ3n) is 0.744. The van der Waals surface area contributed by atoms with Gasteiger partial charge in [-0.25, -0.2) is 4.57 Å². The molecule has 0 atom stereocenters. The molecule has 15 heavy (non-hydrogen) atoms.